The van der Waals surface area contributed by atoms with Gasteiger partial charge >= 0.3 is 5.97 Å². The molecule has 0 unspecified atom stereocenters. The summed E-state index contributed by atoms with van der Waals surface area (Å²) in [6.07, 6.45) is 1.78. The topological polar surface area (TPSA) is 84.0 Å². The molecule has 0 N–H and O–H groups in total. The van der Waals surface area contributed by atoms with Crippen molar-refractivity contribution in [3.05, 3.63) is 18.2 Å². The van der Waals surface area contributed by atoms with E-state index in [1.807, 2.05) is 0 Å². The normalized spacial score (nSPS) is 19.0. The quantitative estimate of drug-likeness (QED) is 0.688. The highest BCUT2D eigenvalue weighted by atomic mass is 32.2. The zero-order valence-electron chi connectivity index (χ0n) is 16.2. The van der Waals surface area contributed by atoms with Crippen LogP contribution >= 0.6 is 11.8 Å². The van der Waals surface area contributed by atoms with E-state index in [-0.39, 0.29) is 35.8 Å². The third-order valence-corrected chi connectivity index (χ3v) is 8.14. The molecule has 2 heterocycles. The molecule has 154 valence electrons. The molecule has 3 rings (SSSR count). The molecule has 9 heteroatoms. The predicted octanol–water partition coefficient (Wildman–Crippen LogP) is 2.50. The van der Waals surface area contributed by atoms with Crippen LogP contribution < -0.4 is 4.90 Å². The maximum atomic E-state index is 13.1. The molecule has 0 bridgehead atoms. The number of piperidine rings is 1. The van der Waals surface area contributed by atoms with Crippen LogP contribution in [-0.4, -0.2) is 56.6 Å². The lowest BCUT2D eigenvalue weighted by atomic mass is 9.98. The van der Waals surface area contributed by atoms with Crippen LogP contribution in [0.4, 0.5) is 5.69 Å². The highest BCUT2D eigenvalue weighted by Crippen LogP contribution is 2.36. The minimum absolute atomic E-state index is 0.0893. The first-order valence-electron chi connectivity index (χ1n) is 9.56. The van der Waals surface area contributed by atoms with Gasteiger partial charge < -0.3 is 9.64 Å². The molecule has 7 nitrogen and oxygen atoms in total. The Kier molecular flexibility index (Phi) is 6.67. The lowest BCUT2D eigenvalue weighted by Crippen LogP contribution is -2.40. The van der Waals surface area contributed by atoms with Crippen molar-refractivity contribution in [2.24, 2.45) is 5.92 Å². The van der Waals surface area contributed by atoms with Gasteiger partial charge in [-0.1, -0.05) is 0 Å². The monoisotopic (exact) mass is 426 g/mol. The van der Waals surface area contributed by atoms with Gasteiger partial charge in [-0.05, 0) is 50.1 Å². The van der Waals surface area contributed by atoms with E-state index in [0.717, 1.165) is 17.1 Å². The third-order valence-electron chi connectivity index (χ3n) is 5.10. The van der Waals surface area contributed by atoms with Crippen molar-refractivity contribution >= 4 is 39.3 Å². The number of rotatable bonds is 4. The first kappa shape index (κ1) is 21.1. The Morgan fingerprint density at radius 3 is 2.57 bits per heavy atom. The number of fused-ring (bicyclic) bond motifs is 1. The first-order valence-corrected chi connectivity index (χ1v) is 12.0. The number of sulfonamides is 1. The fraction of sp³-hybridized carbons (Fsp3) is 0.579. The van der Waals surface area contributed by atoms with Gasteiger partial charge in [0.25, 0.3) is 0 Å². The highest BCUT2D eigenvalue weighted by molar-refractivity contribution is 7.99. The van der Waals surface area contributed by atoms with Crippen molar-refractivity contribution in [1.29, 1.82) is 0 Å². The number of hydrogen-bond donors (Lipinski definition) is 0. The minimum Gasteiger partial charge on any atom is -0.466 e. The maximum absolute atomic E-state index is 13.1. The highest BCUT2D eigenvalue weighted by Gasteiger charge is 2.33. The molecule has 1 aromatic carbocycles. The Morgan fingerprint density at radius 2 is 1.93 bits per heavy atom. The van der Waals surface area contributed by atoms with Gasteiger partial charge in [-0.25, -0.2) is 8.42 Å². The van der Waals surface area contributed by atoms with E-state index < -0.39 is 10.0 Å². The predicted molar refractivity (Wildman–Crippen MR) is 108 cm³/mol. The van der Waals surface area contributed by atoms with Crippen molar-refractivity contribution in [2.45, 2.75) is 42.9 Å². The Hall–Kier alpha value is -1.58. The second kappa shape index (κ2) is 8.84. The molecule has 2 aliphatic rings. The molecule has 1 amide bonds. The van der Waals surface area contributed by atoms with Crippen LogP contribution in [0.1, 0.15) is 33.1 Å². The van der Waals surface area contributed by atoms with Crippen molar-refractivity contribution in [3.8, 4) is 0 Å². The molecule has 0 spiro atoms. The molecule has 1 fully saturated rings. The number of esters is 1. The molecule has 0 aliphatic carbocycles. The second-order valence-electron chi connectivity index (χ2n) is 6.93. The number of hydrogen-bond acceptors (Lipinski definition) is 6. The fourth-order valence-corrected chi connectivity index (χ4v) is 6.05. The van der Waals surface area contributed by atoms with Crippen LogP contribution in [0, 0.1) is 5.92 Å². The average molecular weight is 427 g/mol. The largest absolute Gasteiger partial charge is 0.466 e. The molecule has 0 aromatic heterocycles. The Bertz CT molecular complexity index is 848. The summed E-state index contributed by atoms with van der Waals surface area (Å²) in [5, 5.41) is 0. The van der Waals surface area contributed by atoms with Crippen LogP contribution in [0.5, 0.6) is 0 Å². The van der Waals surface area contributed by atoms with Gasteiger partial charge in [0.05, 0.1) is 23.1 Å². The molecule has 0 radical (unpaired) electrons. The van der Waals surface area contributed by atoms with Gasteiger partial charge in [0.15, 0.2) is 0 Å². The molecule has 0 saturated carbocycles. The molecule has 28 heavy (non-hydrogen) atoms. The number of carbonyl (C=O) groups is 2. The van der Waals surface area contributed by atoms with E-state index in [1.165, 1.54) is 11.2 Å². The van der Waals surface area contributed by atoms with Crippen molar-refractivity contribution < 1.29 is 22.7 Å². The Balaban J connectivity index is 1.81. The van der Waals surface area contributed by atoms with Gasteiger partial charge in [-0.2, -0.15) is 4.31 Å². The Morgan fingerprint density at radius 1 is 1.21 bits per heavy atom. The van der Waals surface area contributed by atoms with Gasteiger partial charge in [-0.15, -0.1) is 11.8 Å². The third kappa shape index (κ3) is 4.36. The Labute approximate surface area is 170 Å². The van der Waals surface area contributed by atoms with E-state index in [4.69, 9.17) is 4.74 Å². The van der Waals surface area contributed by atoms with Crippen LogP contribution in [0.3, 0.4) is 0 Å². The van der Waals surface area contributed by atoms with Crippen molar-refractivity contribution in [3.63, 3.8) is 0 Å². The van der Waals surface area contributed by atoms with Gasteiger partial charge in [0, 0.05) is 31.5 Å². The fourth-order valence-electron chi connectivity index (χ4n) is 3.58. The number of ether oxygens (including phenoxy) is 1. The summed E-state index contributed by atoms with van der Waals surface area (Å²) >= 11 is 1.64. The second-order valence-corrected chi connectivity index (χ2v) is 10.0. The van der Waals surface area contributed by atoms with Gasteiger partial charge in [0.2, 0.25) is 15.9 Å². The summed E-state index contributed by atoms with van der Waals surface area (Å²) in [4.78, 5) is 26.7. The summed E-state index contributed by atoms with van der Waals surface area (Å²) in [6.45, 7) is 4.75. The van der Waals surface area contributed by atoms with E-state index in [9.17, 15) is 18.0 Å². The number of nitrogens with zero attached hydrogens (tertiary/aromatic N) is 2. The zero-order chi connectivity index (χ0) is 20.3. The van der Waals surface area contributed by atoms with E-state index >= 15 is 0 Å². The number of carbonyl (C=O) groups excluding carboxylic acids is 2. The minimum atomic E-state index is -3.68. The maximum Gasteiger partial charge on any atom is 0.309 e. The van der Waals surface area contributed by atoms with Crippen LogP contribution in [0.25, 0.3) is 0 Å². The van der Waals surface area contributed by atoms with Crippen molar-refractivity contribution in [1.82, 2.24) is 4.31 Å². The molecule has 0 atom stereocenters. The van der Waals surface area contributed by atoms with Crippen LogP contribution in [-0.2, 0) is 24.3 Å². The standard InChI is InChI=1S/C19H26N2O5S2/c1-3-26-19(23)15-7-10-20(11-8-15)28(24,25)16-5-6-18-17(13-16)21(14(2)22)9-4-12-27-18/h5-6,13,15H,3-4,7-12H2,1-2H3. The van der Waals surface area contributed by atoms with Crippen LogP contribution in [0.2, 0.25) is 0 Å². The lowest BCUT2D eigenvalue weighted by Gasteiger charge is -2.30. The molecule has 1 aromatic rings. The smallest absolute Gasteiger partial charge is 0.309 e. The van der Waals surface area contributed by atoms with E-state index in [0.29, 0.717) is 31.7 Å². The van der Waals surface area contributed by atoms with Crippen molar-refractivity contribution in [2.75, 3.05) is 36.9 Å². The molecule has 1 saturated heterocycles. The lowest BCUT2D eigenvalue weighted by molar-refractivity contribution is -0.149. The summed E-state index contributed by atoms with van der Waals surface area (Å²) in [7, 11) is -3.68. The molecular weight excluding hydrogens is 400 g/mol. The summed E-state index contributed by atoms with van der Waals surface area (Å²) in [5.41, 5.74) is 0.664. The van der Waals surface area contributed by atoms with E-state index in [1.54, 1.807) is 41.8 Å². The summed E-state index contributed by atoms with van der Waals surface area (Å²) < 4.78 is 32.7. The average Bonchev–Trinajstić information content (AvgIpc) is 2.90. The van der Waals surface area contributed by atoms with Crippen LogP contribution in [0.15, 0.2) is 28.0 Å². The van der Waals surface area contributed by atoms with E-state index in [2.05, 4.69) is 0 Å². The van der Waals surface area contributed by atoms with Gasteiger partial charge in [0.1, 0.15) is 0 Å². The number of anilines is 1. The van der Waals surface area contributed by atoms with Gasteiger partial charge in [-0.3, -0.25) is 9.59 Å². The number of thioether (sulfide) groups is 1. The zero-order valence-corrected chi connectivity index (χ0v) is 17.9. The number of benzene rings is 1. The molecule has 2 aliphatic heterocycles. The molecular formula is C19H26N2O5S2. The number of amides is 1. The SMILES string of the molecule is CCOC(=O)C1CCN(S(=O)(=O)c2ccc3c(c2)N(C(C)=O)CCCS3)CC1. The first-order chi connectivity index (χ1) is 13.3. The summed E-state index contributed by atoms with van der Waals surface area (Å²) in [5.74, 6) is 0.305. The summed E-state index contributed by atoms with van der Waals surface area (Å²) in [6, 6.07) is 5.02.